The average molecular weight is 181 g/mol. The maximum atomic E-state index is 12.0. The lowest BCUT2D eigenvalue weighted by Gasteiger charge is -2.10. The van der Waals surface area contributed by atoms with E-state index in [4.69, 9.17) is 0 Å². The summed E-state index contributed by atoms with van der Waals surface area (Å²) < 4.78 is 12.0. The van der Waals surface area contributed by atoms with Gasteiger partial charge < -0.3 is 4.90 Å². The van der Waals surface area contributed by atoms with Crippen molar-refractivity contribution in [2.45, 2.75) is 0 Å². The van der Waals surface area contributed by atoms with Crippen molar-refractivity contribution < 1.29 is 4.48 Å². The Morgan fingerprint density at radius 2 is 2.38 bits per heavy atom. The molecule has 1 rings (SSSR count). The largest absolute Gasteiger partial charge is 0.346 e. The van der Waals surface area contributed by atoms with Crippen molar-refractivity contribution in [3.05, 3.63) is 12.4 Å². The molecule has 0 aliphatic carbocycles. The van der Waals surface area contributed by atoms with E-state index in [0.29, 0.717) is 17.2 Å². The monoisotopic (exact) mass is 180 g/mol. The minimum atomic E-state index is 0.339. The fourth-order valence-electron chi connectivity index (χ4n) is 0.512. The molecule has 1 aliphatic heterocycles. The van der Waals surface area contributed by atoms with E-state index >= 15 is 0 Å². The van der Waals surface area contributed by atoms with Gasteiger partial charge in [-0.2, -0.15) is 5.12 Å². The van der Waals surface area contributed by atoms with Crippen molar-refractivity contribution in [1.29, 1.82) is 0 Å². The molecular weight excluding hydrogens is 175 g/mol. The second kappa shape index (κ2) is 2.35. The van der Waals surface area contributed by atoms with E-state index in [1.54, 1.807) is 11.1 Å². The standard InChI is InChI=1S/C4H6BrFN2/c5-3-7-1-2-8(6)4-7/h1-2H,3-4H2. The van der Waals surface area contributed by atoms with Crippen molar-refractivity contribution in [2.75, 3.05) is 12.1 Å². The molecular formula is C4H6BrFN2. The molecule has 0 spiro atoms. The number of hydrogen-bond acceptors (Lipinski definition) is 2. The van der Waals surface area contributed by atoms with E-state index < -0.39 is 0 Å². The van der Waals surface area contributed by atoms with Gasteiger partial charge in [-0.25, -0.2) is 0 Å². The predicted octanol–water partition coefficient (Wildman–Crippen LogP) is 1.27. The quantitative estimate of drug-likeness (QED) is 0.341. The molecule has 2 nitrogen and oxygen atoms in total. The van der Waals surface area contributed by atoms with Crippen molar-refractivity contribution >= 4 is 15.9 Å². The van der Waals surface area contributed by atoms with Crippen LogP contribution < -0.4 is 0 Å². The molecule has 0 radical (unpaired) electrons. The molecule has 0 N–H and O–H groups in total. The van der Waals surface area contributed by atoms with E-state index in [1.165, 1.54) is 6.20 Å². The third-order valence-corrected chi connectivity index (χ3v) is 1.55. The molecule has 1 aliphatic rings. The summed E-state index contributed by atoms with van der Waals surface area (Å²) in [5.41, 5.74) is 0.684. The summed E-state index contributed by atoms with van der Waals surface area (Å²) in [4.78, 5) is 1.79. The van der Waals surface area contributed by atoms with Crippen LogP contribution >= 0.6 is 15.9 Å². The third kappa shape index (κ3) is 1.12. The normalized spacial score (nSPS) is 18.2. The van der Waals surface area contributed by atoms with Gasteiger partial charge in [-0.3, -0.25) is 0 Å². The molecule has 0 bridgehead atoms. The second-order valence-corrected chi connectivity index (χ2v) is 2.05. The van der Waals surface area contributed by atoms with Crippen LogP contribution in [0.3, 0.4) is 0 Å². The van der Waals surface area contributed by atoms with Crippen LogP contribution in [0.15, 0.2) is 12.4 Å². The van der Waals surface area contributed by atoms with E-state index in [9.17, 15) is 4.48 Å². The van der Waals surface area contributed by atoms with Crippen LogP contribution in [0.4, 0.5) is 4.48 Å². The Balaban J connectivity index is 2.34. The minimum absolute atomic E-state index is 0.339. The fraction of sp³-hybridized carbons (Fsp3) is 0.500. The molecule has 46 valence electrons. The molecule has 0 saturated carbocycles. The molecule has 0 amide bonds. The first-order valence-corrected chi connectivity index (χ1v) is 3.36. The molecule has 4 heteroatoms. The van der Waals surface area contributed by atoms with Crippen LogP contribution in [0.1, 0.15) is 0 Å². The molecule has 0 saturated heterocycles. The van der Waals surface area contributed by atoms with Crippen molar-refractivity contribution in [2.24, 2.45) is 0 Å². The molecule has 0 fully saturated rings. The Kier molecular flexibility index (Phi) is 1.73. The number of hydrogen-bond donors (Lipinski definition) is 0. The first-order chi connectivity index (χ1) is 3.83. The summed E-state index contributed by atoms with van der Waals surface area (Å²) in [6.07, 6.45) is 3.08. The number of nitrogens with zero attached hydrogens (tertiary/aromatic N) is 2. The van der Waals surface area contributed by atoms with Gasteiger partial charge in [0.25, 0.3) is 0 Å². The smallest absolute Gasteiger partial charge is 0.121 e. The lowest BCUT2D eigenvalue weighted by atomic mass is 10.9. The first-order valence-electron chi connectivity index (χ1n) is 2.23. The highest BCUT2D eigenvalue weighted by molar-refractivity contribution is 9.09. The van der Waals surface area contributed by atoms with E-state index in [2.05, 4.69) is 15.9 Å². The molecule has 0 aromatic rings. The Bertz CT molecular complexity index is 106. The van der Waals surface area contributed by atoms with Gasteiger partial charge >= 0.3 is 0 Å². The van der Waals surface area contributed by atoms with Crippen molar-refractivity contribution in [1.82, 2.24) is 10.0 Å². The summed E-state index contributed by atoms with van der Waals surface area (Å²) >= 11 is 3.18. The molecule has 8 heavy (non-hydrogen) atoms. The average Bonchev–Trinajstić information content (AvgIpc) is 2.14. The number of rotatable bonds is 1. The van der Waals surface area contributed by atoms with E-state index in [0.717, 1.165) is 0 Å². The zero-order chi connectivity index (χ0) is 5.98. The Labute approximate surface area is 55.6 Å². The third-order valence-electron chi connectivity index (χ3n) is 0.910. The maximum Gasteiger partial charge on any atom is 0.121 e. The van der Waals surface area contributed by atoms with Gasteiger partial charge in [0, 0.05) is 6.20 Å². The van der Waals surface area contributed by atoms with Crippen LogP contribution in [-0.2, 0) is 0 Å². The summed E-state index contributed by atoms with van der Waals surface area (Å²) in [5.74, 6) is 0. The Hall–Kier alpha value is -0.250. The number of halogens is 2. The fourth-order valence-corrected chi connectivity index (χ4v) is 0.838. The highest BCUT2D eigenvalue weighted by Crippen LogP contribution is 2.06. The van der Waals surface area contributed by atoms with Crippen LogP contribution in [0.25, 0.3) is 0 Å². The highest BCUT2D eigenvalue weighted by atomic mass is 79.9. The van der Waals surface area contributed by atoms with Gasteiger partial charge in [0.1, 0.15) is 6.67 Å². The second-order valence-electron chi connectivity index (χ2n) is 1.55. The summed E-state index contributed by atoms with van der Waals surface area (Å²) in [6, 6.07) is 0. The van der Waals surface area contributed by atoms with Gasteiger partial charge in [-0.15, -0.1) is 0 Å². The molecule has 0 aromatic carbocycles. The lowest BCUT2D eigenvalue weighted by Crippen LogP contribution is -2.17. The first kappa shape index (κ1) is 5.88. The van der Waals surface area contributed by atoms with Gasteiger partial charge in [-0.05, 0) is 0 Å². The van der Waals surface area contributed by atoms with Crippen molar-refractivity contribution in [3.8, 4) is 0 Å². The van der Waals surface area contributed by atoms with Crippen LogP contribution in [-0.4, -0.2) is 22.1 Å². The van der Waals surface area contributed by atoms with E-state index in [1.807, 2.05) is 0 Å². The van der Waals surface area contributed by atoms with Gasteiger partial charge in [0.2, 0.25) is 0 Å². The lowest BCUT2D eigenvalue weighted by molar-refractivity contribution is 0.0679. The SMILES string of the molecule is FN1C=CN(CBr)C1. The molecule has 0 aromatic heterocycles. The van der Waals surface area contributed by atoms with Gasteiger partial charge in [0.05, 0.1) is 11.7 Å². The van der Waals surface area contributed by atoms with Crippen LogP contribution in [0.5, 0.6) is 0 Å². The molecule has 0 atom stereocenters. The maximum absolute atomic E-state index is 12.0. The highest BCUT2D eigenvalue weighted by Gasteiger charge is 2.07. The molecule has 0 unspecified atom stereocenters. The summed E-state index contributed by atoms with van der Waals surface area (Å²) in [6.45, 7) is 0.339. The van der Waals surface area contributed by atoms with Crippen LogP contribution in [0.2, 0.25) is 0 Å². The number of alkyl halides is 1. The predicted molar refractivity (Wildman–Crippen MR) is 32.6 cm³/mol. The minimum Gasteiger partial charge on any atom is -0.346 e. The van der Waals surface area contributed by atoms with Crippen LogP contribution in [0, 0.1) is 0 Å². The Morgan fingerprint density at radius 3 is 2.62 bits per heavy atom. The zero-order valence-electron chi connectivity index (χ0n) is 4.22. The topological polar surface area (TPSA) is 6.48 Å². The summed E-state index contributed by atoms with van der Waals surface area (Å²) in [5, 5.41) is 0.626. The summed E-state index contributed by atoms with van der Waals surface area (Å²) in [7, 11) is 0. The van der Waals surface area contributed by atoms with E-state index in [-0.39, 0.29) is 0 Å². The van der Waals surface area contributed by atoms with Gasteiger partial charge in [-0.1, -0.05) is 20.4 Å². The van der Waals surface area contributed by atoms with Crippen molar-refractivity contribution in [3.63, 3.8) is 0 Å². The van der Waals surface area contributed by atoms with Gasteiger partial charge in [0.15, 0.2) is 0 Å². The zero-order valence-corrected chi connectivity index (χ0v) is 5.81. The Morgan fingerprint density at radius 1 is 1.62 bits per heavy atom. The molecule has 1 heterocycles.